The molecule has 0 bridgehead atoms. The summed E-state index contributed by atoms with van der Waals surface area (Å²) in [5.41, 5.74) is 4.17. The summed E-state index contributed by atoms with van der Waals surface area (Å²) in [6, 6.07) is 9.95. The third-order valence-electron chi connectivity index (χ3n) is 3.17. The van der Waals surface area contributed by atoms with Crippen LogP contribution in [-0.2, 0) is 4.79 Å². The minimum atomic E-state index is 0.0226. The molecule has 0 fully saturated rings. The number of carbonyl (C=O) groups excluding carboxylic acids is 1. The normalized spacial score (nSPS) is 10.2. The summed E-state index contributed by atoms with van der Waals surface area (Å²) in [5, 5.41) is 6.10. The molecule has 4 heteroatoms. The summed E-state index contributed by atoms with van der Waals surface area (Å²) in [5.74, 6) is 0.782. The number of pyridine rings is 1. The molecule has 0 spiro atoms. The van der Waals surface area contributed by atoms with E-state index >= 15 is 0 Å². The Balaban J connectivity index is 2.03. The highest BCUT2D eigenvalue weighted by Gasteiger charge is 2.03. The van der Waals surface area contributed by atoms with Crippen molar-refractivity contribution in [2.24, 2.45) is 0 Å². The van der Waals surface area contributed by atoms with Crippen LogP contribution in [0.4, 0.5) is 17.2 Å². The molecule has 2 N–H and O–H groups in total. The van der Waals surface area contributed by atoms with Crippen molar-refractivity contribution in [3.05, 3.63) is 47.7 Å². The lowest BCUT2D eigenvalue weighted by molar-refractivity contribution is -0.116. The third kappa shape index (κ3) is 4.31. The molecule has 0 saturated carbocycles. The van der Waals surface area contributed by atoms with Crippen molar-refractivity contribution in [3.63, 3.8) is 0 Å². The topological polar surface area (TPSA) is 54.0 Å². The fourth-order valence-corrected chi connectivity index (χ4v) is 2.08. The van der Waals surface area contributed by atoms with Crippen LogP contribution in [0.2, 0.25) is 0 Å². The van der Waals surface area contributed by atoms with Gasteiger partial charge in [-0.25, -0.2) is 4.98 Å². The first-order chi connectivity index (χ1) is 10.1. The van der Waals surface area contributed by atoms with Crippen molar-refractivity contribution in [1.29, 1.82) is 0 Å². The molecule has 0 radical (unpaired) electrons. The van der Waals surface area contributed by atoms with E-state index in [0.717, 1.165) is 23.6 Å². The van der Waals surface area contributed by atoms with Gasteiger partial charge in [0.2, 0.25) is 5.91 Å². The van der Waals surface area contributed by atoms with Crippen LogP contribution in [0.1, 0.15) is 30.9 Å². The van der Waals surface area contributed by atoms with Gasteiger partial charge < -0.3 is 10.6 Å². The molecule has 0 aliphatic heterocycles. The number of nitrogens with one attached hydrogen (secondary N) is 2. The van der Waals surface area contributed by atoms with Crippen LogP contribution in [0.25, 0.3) is 0 Å². The molecule has 0 aliphatic carbocycles. The Hall–Kier alpha value is -2.36. The van der Waals surface area contributed by atoms with Crippen molar-refractivity contribution in [1.82, 2.24) is 4.98 Å². The molecule has 110 valence electrons. The molecule has 21 heavy (non-hydrogen) atoms. The highest BCUT2D eigenvalue weighted by Crippen LogP contribution is 2.21. The lowest BCUT2D eigenvalue weighted by Crippen LogP contribution is -2.10. The van der Waals surface area contributed by atoms with Gasteiger partial charge in [0.05, 0.1) is 11.9 Å². The first-order valence-corrected chi connectivity index (χ1v) is 7.18. The van der Waals surface area contributed by atoms with Crippen LogP contribution in [0.5, 0.6) is 0 Å². The van der Waals surface area contributed by atoms with Crippen molar-refractivity contribution < 1.29 is 4.79 Å². The van der Waals surface area contributed by atoms with E-state index in [0.29, 0.717) is 6.42 Å². The number of anilines is 3. The van der Waals surface area contributed by atoms with Gasteiger partial charge in [0.25, 0.3) is 0 Å². The number of aryl methyl sites for hydroxylation is 2. The van der Waals surface area contributed by atoms with Crippen molar-refractivity contribution in [2.45, 2.75) is 33.6 Å². The van der Waals surface area contributed by atoms with Crippen LogP contribution >= 0.6 is 0 Å². The molecule has 2 rings (SSSR count). The van der Waals surface area contributed by atoms with Gasteiger partial charge in [-0.05, 0) is 44.0 Å². The lowest BCUT2D eigenvalue weighted by Gasteiger charge is -2.10. The van der Waals surface area contributed by atoms with Crippen molar-refractivity contribution in [2.75, 3.05) is 10.6 Å². The number of carbonyl (C=O) groups is 1. The third-order valence-corrected chi connectivity index (χ3v) is 3.17. The van der Waals surface area contributed by atoms with Gasteiger partial charge in [-0.2, -0.15) is 0 Å². The fraction of sp³-hybridized carbons (Fsp3) is 0.294. The van der Waals surface area contributed by atoms with Gasteiger partial charge in [-0.3, -0.25) is 4.79 Å². The summed E-state index contributed by atoms with van der Waals surface area (Å²) in [7, 11) is 0. The van der Waals surface area contributed by atoms with Gasteiger partial charge in [0.1, 0.15) is 5.82 Å². The number of nitrogens with zero attached hydrogens (tertiary/aromatic N) is 1. The summed E-state index contributed by atoms with van der Waals surface area (Å²) in [6.45, 7) is 6.12. The maximum absolute atomic E-state index is 11.5. The first-order valence-electron chi connectivity index (χ1n) is 7.18. The number of amides is 1. The molecule has 0 atom stereocenters. The summed E-state index contributed by atoms with van der Waals surface area (Å²) in [4.78, 5) is 15.8. The van der Waals surface area contributed by atoms with Gasteiger partial charge in [0.15, 0.2) is 0 Å². The first kappa shape index (κ1) is 15.0. The highest BCUT2D eigenvalue weighted by atomic mass is 16.1. The predicted molar refractivity (Wildman–Crippen MR) is 87.0 cm³/mol. The van der Waals surface area contributed by atoms with Crippen molar-refractivity contribution in [3.8, 4) is 0 Å². The molecule has 1 amide bonds. The number of aromatic nitrogens is 1. The van der Waals surface area contributed by atoms with Gasteiger partial charge >= 0.3 is 0 Å². The number of benzene rings is 1. The summed E-state index contributed by atoms with van der Waals surface area (Å²) >= 11 is 0. The smallest absolute Gasteiger partial charge is 0.224 e. The van der Waals surface area contributed by atoms with E-state index in [1.807, 2.05) is 25.1 Å². The molecule has 0 unspecified atom stereocenters. The van der Waals surface area contributed by atoms with Gasteiger partial charge in [-0.15, -0.1) is 0 Å². The number of rotatable bonds is 5. The number of hydrogen-bond acceptors (Lipinski definition) is 3. The Morgan fingerprint density at radius 2 is 2.00 bits per heavy atom. The minimum Gasteiger partial charge on any atom is -0.340 e. The monoisotopic (exact) mass is 283 g/mol. The Labute approximate surface area is 125 Å². The molecule has 1 aromatic carbocycles. The molecular weight excluding hydrogens is 262 g/mol. The second kappa shape index (κ2) is 6.88. The fourth-order valence-electron chi connectivity index (χ4n) is 2.08. The van der Waals surface area contributed by atoms with E-state index in [4.69, 9.17) is 0 Å². The summed E-state index contributed by atoms with van der Waals surface area (Å²) < 4.78 is 0. The molecule has 1 heterocycles. The standard InChI is InChI=1S/C17H21N3O/c1-4-5-17(21)19-14-7-9-16(18-11-14)20-15-8-6-12(2)10-13(15)3/h6-11H,4-5H2,1-3H3,(H,18,20)(H,19,21). The van der Waals surface area contributed by atoms with Crippen LogP contribution < -0.4 is 10.6 Å². The van der Waals surface area contributed by atoms with Crippen LogP contribution in [0, 0.1) is 13.8 Å². The molecule has 0 saturated heterocycles. The van der Waals surface area contributed by atoms with Crippen LogP contribution in [0.3, 0.4) is 0 Å². The van der Waals surface area contributed by atoms with Gasteiger partial charge in [0, 0.05) is 12.1 Å². The molecule has 2 aromatic rings. The number of hydrogen-bond donors (Lipinski definition) is 2. The quantitative estimate of drug-likeness (QED) is 0.865. The largest absolute Gasteiger partial charge is 0.340 e. The van der Waals surface area contributed by atoms with Crippen molar-refractivity contribution >= 4 is 23.1 Å². The molecule has 0 aliphatic rings. The van der Waals surface area contributed by atoms with E-state index in [1.54, 1.807) is 6.20 Å². The van der Waals surface area contributed by atoms with E-state index in [-0.39, 0.29) is 5.91 Å². The van der Waals surface area contributed by atoms with Gasteiger partial charge in [-0.1, -0.05) is 24.6 Å². The highest BCUT2D eigenvalue weighted by molar-refractivity contribution is 5.90. The molecule has 4 nitrogen and oxygen atoms in total. The van der Waals surface area contributed by atoms with E-state index < -0.39 is 0 Å². The Kier molecular flexibility index (Phi) is 4.93. The lowest BCUT2D eigenvalue weighted by atomic mass is 10.1. The Bertz CT molecular complexity index is 620. The Morgan fingerprint density at radius 1 is 1.19 bits per heavy atom. The zero-order valence-electron chi connectivity index (χ0n) is 12.7. The van der Waals surface area contributed by atoms with Crippen LogP contribution in [0.15, 0.2) is 36.5 Å². The Morgan fingerprint density at radius 3 is 2.62 bits per heavy atom. The minimum absolute atomic E-state index is 0.0226. The van der Waals surface area contributed by atoms with E-state index in [1.165, 1.54) is 11.1 Å². The average Bonchev–Trinajstić information content (AvgIpc) is 2.44. The zero-order chi connectivity index (χ0) is 15.2. The second-order valence-electron chi connectivity index (χ2n) is 5.17. The van der Waals surface area contributed by atoms with E-state index in [2.05, 4.69) is 41.6 Å². The molecule has 1 aromatic heterocycles. The maximum atomic E-state index is 11.5. The second-order valence-corrected chi connectivity index (χ2v) is 5.17. The zero-order valence-corrected chi connectivity index (χ0v) is 12.7. The molecular formula is C17H21N3O. The van der Waals surface area contributed by atoms with E-state index in [9.17, 15) is 4.79 Å². The maximum Gasteiger partial charge on any atom is 0.224 e. The van der Waals surface area contributed by atoms with Crippen LogP contribution in [-0.4, -0.2) is 10.9 Å². The summed E-state index contributed by atoms with van der Waals surface area (Å²) in [6.07, 6.45) is 3.04. The average molecular weight is 283 g/mol. The SMILES string of the molecule is CCCC(=O)Nc1ccc(Nc2ccc(C)cc2C)nc1. The predicted octanol–water partition coefficient (Wildman–Crippen LogP) is 4.18.